The standard InChI is InChI=1S/C21H25ClN4O4S2/c1-31-12-9-18(25-32(29,30)16-5-3-2-4-6-16)21(28)24-15-7-8-19(17(22)13-15)26-11-10-23-20(27)14-26/h2-8,13,18,25H,9-12,14H2,1H3,(H,23,27)(H,24,28). The Morgan fingerprint density at radius 1 is 1.25 bits per heavy atom. The van der Waals surface area contributed by atoms with E-state index in [-0.39, 0.29) is 17.3 Å². The fraction of sp³-hybridized carbons (Fsp3) is 0.333. The molecule has 1 atom stereocenters. The SMILES string of the molecule is CSCCC(NS(=O)(=O)c1ccccc1)C(=O)Nc1ccc(N2CCNC(=O)C2)c(Cl)c1. The molecule has 172 valence electrons. The molecule has 3 N–H and O–H groups in total. The number of amides is 2. The summed E-state index contributed by atoms with van der Waals surface area (Å²) in [5.74, 6) is 0.0540. The highest BCUT2D eigenvalue weighted by atomic mass is 35.5. The Hall–Kier alpha value is -2.27. The van der Waals surface area contributed by atoms with E-state index in [9.17, 15) is 18.0 Å². The molecule has 0 radical (unpaired) electrons. The highest BCUT2D eigenvalue weighted by Crippen LogP contribution is 2.29. The summed E-state index contributed by atoms with van der Waals surface area (Å²) in [6.07, 6.45) is 2.22. The number of carbonyl (C=O) groups is 2. The molecular formula is C21H25ClN4O4S2. The third kappa shape index (κ3) is 6.38. The van der Waals surface area contributed by atoms with Crippen LogP contribution in [0.1, 0.15) is 6.42 Å². The van der Waals surface area contributed by atoms with Crippen LogP contribution in [0.2, 0.25) is 5.02 Å². The first kappa shape index (κ1) is 24.4. The van der Waals surface area contributed by atoms with Crippen LogP contribution in [-0.2, 0) is 19.6 Å². The van der Waals surface area contributed by atoms with Crippen LogP contribution in [0.15, 0.2) is 53.4 Å². The predicted octanol–water partition coefficient (Wildman–Crippen LogP) is 2.31. The zero-order valence-corrected chi connectivity index (χ0v) is 19.9. The number of carbonyl (C=O) groups excluding carboxylic acids is 2. The quantitative estimate of drug-likeness (QED) is 0.491. The maximum atomic E-state index is 12.9. The summed E-state index contributed by atoms with van der Waals surface area (Å²) in [5.41, 5.74) is 1.14. The molecule has 0 aromatic heterocycles. The van der Waals surface area contributed by atoms with E-state index in [1.54, 1.807) is 36.4 Å². The predicted molar refractivity (Wildman–Crippen MR) is 129 cm³/mol. The normalized spacial score (nSPS) is 15.2. The van der Waals surface area contributed by atoms with E-state index in [0.717, 1.165) is 0 Å². The molecule has 11 heteroatoms. The monoisotopic (exact) mass is 496 g/mol. The lowest BCUT2D eigenvalue weighted by molar-refractivity contribution is -0.120. The maximum absolute atomic E-state index is 12.9. The van der Waals surface area contributed by atoms with Crippen molar-refractivity contribution in [2.75, 3.05) is 41.9 Å². The van der Waals surface area contributed by atoms with Crippen LogP contribution in [0.5, 0.6) is 0 Å². The van der Waals surface area contributed by atoms with Crippen molar-refractivity contribution in [2.45, 2.75) is 17.4 Å². The Kier molecular flexibility index (Phi) is 8.41. The largest absolute Gasteiger partial charge is 0.359 e. The molecule has 1 aliphatic heterocycles. The third-order valence-corrected chi connectivity index (χ3v) is 7.31. The first-order valence-corrected chi connectivity index (χ1v) is 13.2. The molecule has 2 aromatic rings. The van der Waals surface area contributed by atoms with Gasteiger partial charge >= 0.3 is 0 Å². The molecule has 0 aliphatic carbocycles. The van der Waals surface area contributed by atoms with Crippen LogP contribution < -0.4 is 20.3 Å². The number of rotatable bonds is 9. The van der Waals surface area contributed by atoms with Crippen LogP contribution in [0, 0.1) is 0 Å². The second kappa shape index (κ2) is 11.0. The van der Waals surface area contributed by atoms with Gasteiger partial charge in [-0.2, -0.15) is 16.5 Å². The number of nitrogens with one attached hydrogen (secondary N) is 3. The summed E-state index contributed by atoms with van der Waals surface area (Å²) in [6.45, 7) is 1.38. The van der Waals surface area contributed by atoms with Crippen molar-refractivity contribution >= 4 is 56.6 Å². The Morgan fingerprint density at radius 2 is 2.00 bits per heavy atom. The number of piperazine rings is 1. The molecule has 0 saturated carbocycles. The number of halogens is 1. The van der Waals surface area contributed by atoms with Gasteiger partial charge in [-0.15, -0.1) is 0 Å². The van der Waals surface area contributed by atoms with Gasteiger partial charge in [-0.3, -0.25) is 9.59 Å². The lowest BCUT2D eigenvalue weighted by atomic mass is 10.2. The molecule has 3 rings (SSSR count). The fourth-order valence-corrected chi connectivity index (χ4v) is 5.27. The second-order valence-corrected chi connectivity index (χ2v) is 10.3. The van der Waals surface area contributed by atoms with Crippen molar-refractivity contribution in [1.29, 1.82) is 0 Å². The minimum Gasteiger partial charge on any atom is -0.359 e. The van der Waals surface area contributed by atoms with Crippen LogP contribution in [0.4, 0.5) is 11.4 Å². The number of sulfonamides is 1. The van der Waals surface area contributed by atoms with Gasteiger partial charge in [0.25, 0.3) is 0 Å². The van der Waals surface area contributed by atoms with Crippen molar-refractivity contribution in [3.8, 4) is 0 Å². The summed E-state index contributed by atoms with van der Waals surface area (Å²) in [4.78, 5) is 26.5. The highest BCUT2D eigenvalue weighted by Gasteiger charge is 2.26. The molecule has 1 aliphatic rings. The van der Waals surface area contributed by atoms with Gasteiger partial charge in [-0.1, -0.05) is 29.8 Å². The zero-order chi connectivity index (χ0) is 23.1. The van der Waals surface area contributed by atoms with Crippen LogP contribution in [-0.4, -0.2) is 57.9 Å². The van der Waals surface area contributed by atoms with Gasteiger partial charge in [-0.25, -0.2) is 8.42 Å². The molecule has 1 saturated heterocycles. The van der Waals surface area contributed by atoms with E-state index in [1.165, 1.54) is 23.9 Å². The van der Waals surface area contributed by atoms with Gasteiger partial charge in [0.2, 0.25) is 21.8 Å². The third-order valence-electron chi connectivity index (χ3n) is 4.87. The van der Waals surface area contributed by atoms with E-state index in [1.807, 2.05) is 11.2 Å². The molecule has 32 heavy (non-hydrogen) atoms. The van der Waals surface area contributed by atoms with Crippen molar-refractivity contribution in [3.05, 3.63) is 53.6 Å². The minimum atomic E-state index is -3.85. The number of thioether (sulfide) groups is 1. The van der Waals surface area contributed by atoms with E-state index in [4.69, 9.17) is 11.6 Å². The summed E-state index contributed by atoms with van der Waals surface area (Å²) < 4.78 is 27.9. The first-order valence-electron chi connectivity index (χ1n) is 9.98. The summed E-state index contributed by atoms with van der Waals surface area (Å²) in [7, 11) is -3.85. The second-order valence-electron chi connectivity index (χ2n) is 7.20. The van der Waals surface area contributed by atoms with Gasteiger partial charge in [-0.05, 0) is 48.8 Å². The maximum Gasteiger partial charge on any atom is 0.242 e. The molecule has 0 bridgehead atoms. The van der Waals surface area contributed by atoms with E-state index < -0.39 is 22.0 Å². The lowest BCUT2D eigenvalue weighted by Crippen LogP contribution is -2.47. The Labute approximate surface area is 197 Å². The number of hydrogen-bond donors (Lipinski definition) is 3. The topological polar surface area (TPSA) is 108 Å². The average Bonchev–Trinajstić information content (AvgIpc) is 2.77. The van der Waals surface area contributed by atoms with Crippen molar-refractivity contribution in [1.82, 2.24) is 10.0 Å². The lowest BCUT2D eigenvalue weighted by Gasteiger charge is -2.29. The van der Waals surface area contributed by atoms with E-state index in [0.29, 0.717) is 41.7 Å². The number of anilines is 2. The van der Waals surface area contributed by atoms with Gasteiger partial charge < -0.3 is 15.5 Å². The van der Waals surface area contributed by atoms with Gasteiger partial charge in [0.05, 0.1) is 22.2 Å². The Bertz CT molecular complexity index is 1070. The summed E-state index contributed by atoms with van der Waals surface area (Å²) in [5, 5.41) is 5.90. The first-order chi connectivity index (χ1) is 15.3. The summed E-state index contributed by atoms with van der Waals surface area (Å²) >= 11 is 7.93. The van der Waals surface area contributed by atoms with Crippen LogP contribution in [0.3, 0.4) is 0 Å². The number of nitrogens with zero attached hydrogens (tertiary/aromatic N) is 1. The zero-order valence-electron chi connectivity index (χ0n) is 17.5. The smallest absolute Gasteiger partial charge is 0.242 e. The minimum absolute atomic E-state index is 0.0768. The molecular weight excluding hydrogens is 472 g/mol. The molecule has 0 spiro atoms. The molecule has 1 heterocycles. The van der Waals surface area contributed by atoms with Gasteiger partial charge in [0.15, 0.2) is 0 Å². The number of hydrogen-bond acceptors (Lipinski definition) is 6. The van der Waals surface area contributed by atoms with Gasteiger partial charge in [0, 0.05) is 18.8 Å². The number of benzene rings is 2. The van der Waals surface area contributed by atoms with Gasteiger partial charge in [0.1, 0.15) is 6.04 Å². The fourth-order valence-electron chi connectivity index (χ4n) is 3.25. The highest BCUT2D eigenvalue weighted by molar-refractivity contribution is 7.98. The van der Waals surface area contributed by atoms with Crippen LogP contribution in [0.25, 0.3) is 0 Å². The van der Waals surface area contributed by atoms with Crippen molar-refractivity contribution < 1.29 is 18.0 Å². The molecule has 8 nitrogen and oxygen atoms in total. The molecule has 1 fully saturated rings. The van der Waals surface area contributed by atoms with Crippen molar-refractivity contribution in [3.63, 3.8) is 0 Å². The molecule has 1 unspecified atom stereocenters. The van der Waals surface area contributed by atoms with Crippen LogP contribution >= 0.6 is 23.4 Å². The Morgan fingerprint density at radius 3 is 2.66 bits per heavy atom. The van der Waals surface area contributed by atoms with E-state index in [2.05, 4.69) is 15.4 Å². The van der Waals surface area contributed by atoms with E-state index >= 15 is 0 Å². The van der Waals surface area contributed by atoms with Crippen molar-refractivity contribution in [2.24, 2.45) is 0 Å². The summed E-state index contributed by atoms with van der Waals surface area (Å²) in [6, 6.07) is 12.0. The Balaban J connectivity index is 1.73. The average molecular weight is 497 g/mol. The molecule has 2 amide bonds. The molecule has 2 aromatic carbocycles.